The molecule has 1 unspecified atom stereocenters. The molecule has 7 nitrogen and oxygen atoms in total. The van der Waals surface area contributed by atoms with Crippen molar-refractivity contribution < 1.29 is 0 Å². The predicted molar refractivity (Wildman–Crippen MR) is 62.6 cm³/mol. The Morgan fingerprint density at radius 3 is 3.24 bits per heavy atom. The highest BCUT2D eigenvalue weighted by Crippen LogP contribution is 2.20. The summed E-state index contributed by atoms with van der Waals surface area (Å²) in [4.78, 5) is 2.25. The summed E-state index contributed by atoms with van der Waals surface area (Å²) in [6.45, 7) is 2.73. The summed E-state index contributed by atoms with van der Waals surface area (Å²) in [5.74, 6) is 1.48. The summed E-state index contributed by atoms with van der Waals surface area (Å²) in [6, 6.07) is 3.85. The van der Waals surface area contributed by atoms with E-state index in [0.29, 0.717) is 11.6 Å². The zero-order valence-electron chi connectivity index (χ0n) is 9.53. The van der Waals surface area contributed by atoms with E-state index < -0.39 is 0 Å². The van der Waals surface area contributed by atoms with Gasteiger partial charge in [-0.3, -0.25) is 0 Å². The first kappa shape index (κ1) is 10.4. The maximum atomic E-state index is 5.73. The van der Waals surface area contributed by atoms with E-state index in [-0.39, 0.29) is 0 Å². The van der Waals surface area contributed by atoms with Gasteiger partial charge in [0.15, 0.2) is 11.5 Å². The molecule has 1 saturated heterocycles. The second-order valence-corrected chi connectivity index (χ2v) is 4.41. The standard InChI is InChI=1S/C10H15N7/c11-6-8-2-1-5-16(7-8)10-4-3-9-12-14-15-17(9)13-10/h3-4,8H,1-2,5-7,11H2. The molecule has 1 aliphatic rings. The fraction of sp³-hybridized carbons (Fsp3) is 0.600. The molecule has 0 aliphatic carbocycles. The van der Waals surface area contributed by atoms with Gasteiger partial charge in [-0.2, -0.15) is 0 Å². The van der Waals surface area contributed by atoms with Gasteiger partial charge in [-0.15, -0.1) is 14.8 Å². The van der Waals surface area contributed by atoms with Crippen LogP contribution in [-0.2, 0) is 0 Å². The van der Waals surface area contributed by atoms with Crippen molar-refractivity contribution in [3.63, 3.8) is 0 Å². The lowest BCUT2D eigenvalue weighted by Crippen LogP contribution is -2.39. The van der Waals surface area contributed by atoms with Crippen molar-refractivity contribution in [2.75, 3.05) is 24.5 Å². The Bertz CT molecular complexity index is 508. The Hall–Kier alpha value is -1.76. The third-order valence-electron chi connectivity index (χ3n) is 3.23. The van der Waals surface area contributed by atoms with E-state index in [1.807, 2.05) is 12.1 Å². The predicted octanol–water partition coefficient (Wildman–Crippen LogP) is -0.306. The van der Waals surface area contributed by atoms with Crippen molar-refractivity contribution in [3.8, 4) is 0 Å². The summed E-state index contributed by atoms with van der Waals surface area (Å²) in [7, 11) is 0. The van der Waals surface area contributed by atoms with Crippen molar-refractivity contribution in [1.82, 2.24) is 25.3 Å². The van der Waals surface area contributed by atoms with Crippen molar-refractivity contribution >= 4 is 11.5 Å². The molecule has 0 amide bonds. The van der Waals surface area contributed by atoms with E-state index >= 15 is 0 Å². The number of tetrazole rings is 1. The van der Waals surface area contributed by atoms with Gasteiger partial charge in [0.1, 0.15) is 0 Å². The minimum atomic E-state index is 0.565. The van der Waals surface area contributed by atoms with E-state index in [1.54, 1.807) is 0 Å². The maximum absolute atomic E-state index is 5.73. The monoisotopic (exact) mass is 233 g/mol. The number of aromatic nitrogens is 5. The molecular weight excluding hydrogens is 218 g/mol. The average molecular weight is 233 g/mol. The van der Waals surface area contributed by atoms with Gasteiger partial charge in [0.25, 0.3) is 0 Å². The SMILES string of the molecule is NCC1CCCN(c2ccc3nnnn3n2)C1. The molecule has 17 heavy (non-hydrogen) atoms. The molecule has 0 bridgehead atoms. The Morgan fingerprint density at radius 2 is 2.35 bits per heavy atom. The zero-order chi connectivity index (χ0) is 11.7. The maximum Gasteiger partial charge on any atom is 0.200 e. The molecule has 3 rings (SSSR count). The summed E-state index contributed by atoms with van der Waals surface area (Å²) in [5, 5.41) is 15.6. The minimum Gasteiger partial charge on any atom is -0.355 e. The van der Waals surface area contributed by atoms with Gasteiger partial charge in [-0.1, -0.05) is 0 Å². The van der Waals surface area contributed by atoms with Crippen molar-refractivity contribution in [3.05, 3.63) is 12.1 Å². The van der Waals surface area contributed by atoms with Crippen LogP contribution in [-0.4, -0.2) is 44.9 Å². The van der Waals surface area contributed by atoms with E-state index in [0.717, 1.165) is 31.9 Å². The van der Waals surface area contributed by atoms with E-state index in [9.17, 15) is 0 Å². The van der Waals surface area contributed by atoms with Crippen LogP contribution in [0, 0.1) is 5.92 Å². The van der Waals surface area contributed by atoms with Crippen LogP contribution >= 0.6 is 0 Å². The van der Waals surface area contributed by atoms with E-state index in [2.05, 4.69) is 25.5 Å². The molecule has 2 aromatic rings. The van der Waals surface area contributed by atoms with Gasteiger partial charge in [-0.25, -0.2) is 0 Å². The summed E-state index contributed by atoms with van der Waals surface area (Å²) in [6.07, 6.45) is 2.37. The van der Waals surface area contributed by atoms with E-state index in [1.165, 1.54) is 11.1 Å². The smallest absolute Gasteiger partial charge is 0.200 e. The lowest BCUT2D eigenvalue weighted by atomic mass is 9.98. The number of anilines is 1. The molecule has 0 aromatic carbocycles. The summed E-state index contributed by atoms with van der Waals surface area (Å²) < 4.78 is 1.46. The molecule has 0 radical (unpaired) electrons. The second-order valence-electron chi connectivity index (χ2n) is 4.41. The molecule has 90 valence electrons. The number of nitrogens with two attached hydrogens (primary N) is 1. The van der Waals surface area contributed by atoms with Crippen molar-refractivity contribution in [1.29, 1.82) is 0 Å². The van der Waals surface area contributed by atoms with Crippen LogP contribution in [0.15, 0.2) is 12.1 Å². The fourth-order valence-corrected chi connectivity index (χ4v) is 2.27. The Labute approximate surface area is 98.6 Å². The second kappa shape index (κ2) is 4.25. The van der Waals surface area contributed by atoms with Gasteiger partial charge in [0.2, 0.25) is 0 Å². The highest BCUT2D eigenvalue weighted by molar-refractivity contribution is 5.44. The molecule has 3 heterocycles. The van der Waals surface area contributed by atoms with Crippen LogP contribution in [0.1, 0.15) is 12.8 Å². The first-order chi connectivity index (χ1) is 8.36. The summed E-state index contributed by atoms with van der Waals surface area (Å²) in [5.41, 5.74) is 6.40. The van der Waals surface area contributed by atoms with Crippen LogP contribution < -0.4 is 10.6 Å². The van der Waals surface area contributed by atoms with Crippen LogP contribution in [0.5, 0.6) is 0 Å². The molecule has 1 aliphatic heterocycles. The lowest BCUT2D eigenvalue weighted by Gasteiger charge is -2.32. The third-order valence-corrected chi connectivity index (χ3v) is 3.23. The van der Waals surface area contributed by atoms with Gasteiger partial charge < -0.3 is 10.6 Å². The quantitative estimate of drug-likeness (QED) is 0.766. The third kappa shape index (κ3) is 1.93. The zero-order valence-corrected chi connectivity index (χ0v) is 9.53. The molecule has 1 fully saturated rings. The molecule has 2 aromatic heterocycles. The van der Waals surface area contributed by atoms with Crippen LogP contribution in [0.3, 0.4) is 0 Å². The number of rotatable bonds is 2. The number of hydrogen-bond donors (Lipinski definition) is 1. The number of fused-ring (bicyclic) bond motifs is 1. The first-order valence-electron chi connectivity index (χ1n) is 5.87. The molecule has 0 spiro atoms. The van der Waals surface area contributed by atoms with Crippen molar-refractivity contribution in [2.45, 2.75) is 12.8 Å². The largest absolute Gasteiger partial charge is 0.355 e. The Morgan fingerprint density at radius 1 is 1.41 bits per heavy atom. The average Bonchev–Trinajstić information content (AvgIpc) is 2.86. The van der Waals surface area contributed by atoms with Gasteiger partial charge >= 0.3 is 0 Å². The summed E-state index contributed by atoms with van der Waals surface area (Å²) >= 11 is 0. The van der Waals surface area contributed by atoms with Gasteiger partial charge in [0.05, 0.1) is 0 Å². The highest BCUT2D eigenvalue weighted by Gasteiger charge is 2.20. The molecule has 1 atom stereocenters. The van der Waals surface area contributed by atoms with Crippen molar-refractivity contribution in [2.24, 2.45) is 11.7 Å². The Balaban J connectivity index is 1.86. The fourth-order valence-electron chi connectivity index (χ4n) is 2.27. The normalized spacial score (nSPS) is 21.0. The van der Waals surface area contributed by atoms with E-state index in [4.69, 9.17) is 5.73 Å². The lowest BCUT2D eigenvalue weighted by molar-refractivity contribution is 0.420. The first-order valence-corrected chi connectivity index (χ1v) is 5.87. The Kier molecular flexibility index (Phi) is 2.60. The minimum absolute atomic E-state index is 0.565. The van der Waals surface area contributed by atoms with Crippen LogP contribution in [0.4, 0.5) is 5.82 Å². The number of piperidine rings is 1. The van der Waals surface area contributed by atoms with Crippen LogP contribution in [0.2, 0.25) is 0 Å². The topological polar surface area (TPSA) is 85.2 Å². The molecular formula is C10H15N7. The molecule has 7 heteroatoms. The molecule has 0 saturated carbocycles. The van der Waals surface area contributed by atoms with Gasteiger partial charge in [-0.05, 0) is 47.9 Å². The number of nitrogens with zero attached hydrogens (tertiary/aromatic N) is 6. The van der Waals surface area contributed by atoms with Crippen LogP contribution in [0.25, 0.3) is 5.65 Å². The van der Waals surface area contributed by atoms with Gasteiger partial charge in [0, 0.05) is 13.1 Å². The highest BCUT2D eigenvalue weighted by atomic mass is 15.6. The number of hydrogen-bond acceptors (Lipinski definition) is 6. The molecule has 2 N–H and O–H groups in total.